The van der Waals surface area contributed by atoms with Crippen LogP contribution >= 0.6 is 11.6 Å². The molecule has 0 bridgehead atoms. The van der Waals surface area contributed by atoms with Gasteiger partial charge in [-0.1, -0.05) is 23.7 Å². The molecular formula is C31H37ClN4O8. The summed E-state index contributed by atoms with van der Waals surface area (Å²) >= 11 is 6.08. The highest BCUT2D eigenvalue weighted by Gasteiger charge is 2.10. The van der Waals surface area contributed by atoms with E-state index in [-0.39, 0.29) is 42.9 Å². The van der Waals surface area contributed by atoms with Gasteiger partial charge in [-0.3, -0.25) is 14.9 Å². The predicted octanol–water partition coefficient (Wildman–Crippen LogP) is 6.07. The average molecular weight is 629 g/mol. The summed E-state index contributed by atoms with van der Waals surface area (Å²) in [5.41, 5.74) is 2.87. The van der Waals surface area contributed by atoms with Crippen LogP contribution in [0.2, 0.25) is 5.02 Å². The Morgan fingerprint density at radius 2 is 1.64 bits per heavy atom. The van der Waals surface area contributed by atoms with Crippen LogP contribution in [0, 0.1) is 10.1 Å². The third-order valence-electron chi connectivity index (χ3n) is 6.28. The maximum absolute atomic E-state index is 12.0. The number of non-ortho nitro benzene ring substituents is 1. The van der Waals surface area contributed by atoms with E-state index in [9.17, 15) is 14.9 Å². The fourth-order valence-electron chi connectivity index (χ4n) is 3.95. The molecule has 0 amide bonds. The molecule has 0 aliphatic heterocycles. The average Bonchev–Trinajstić information content (AvgIpc) is 3.03. The Bertz CT molecular complexity index is 1340. The molecule has 0 atom stereocenters. The summed E-state index contributed by atoms with van der Waals surface area (Å²) in [7, 11) is 0. The van der Waals surface area contributed by atoms with E-state index in [0.29, 0.717) is 50.8 Å². The number of anilines is 1. The lowest BCUT2D eigenvalue weighted by atomic mass is 10.1. The first-order chi connectivity index (χ1) is 21.4. The fraction of sp³-hybridized carbons (Fsp3) is 0.387. The highest BCUT2D eigenvalue weighted by molar-refractivity contribution is 6.33. The number of esters is 1. The van der Waals surface area contributed by atoms with Crippen LogP contribution in [0.3, 0.4) is 0 Å². The summed E-state index contributed by atoms with van der Waals surface area (Å²) in [6, 6.07) is 19.2. The normalized spacial score (nSPS) is 11.1. The van der Waals surface area contributed by atoms with E-state index in [2.05, 4.69) is 22.1 Å². The summed E-state index contributed by atoms with van der Waals surface area (Å²) in [5.74, 6) is 0.461. The van der Waals surface area contributed by atoms with Gasteiger partial charge in [-0.25, -0.2) is 0 Å². The number of aryl methyl sites for hydroxylation is 1. The molecule has 3 rings (SSSR count). The van der Waals surface area contributed by atoms with Crippen LogP contribution in [0.5, 0.6) is 5.75 Å². The van der Waals surface area contributed by atoms with Gasteiger partial charge < -0.3 is 29.0 Å². The number of benzene rings is 3. The number of nitro benzene ring substituents is 1. The third-order valence-corrected chi connectivity index (χ3v) is 6.58. The molecule has 3 aromatic rings. The number of azo groups is 1. The summed E-state index contributed by atoms with van der Waals surface area (Å²) in [4.78, 5) is 24.5. The molecule has 236 valence electrons. The van der Waals surface area contributed by atoms with Crippen LogP contribution in [-0.4, -0.2) is 75.3 Å². The highest BCUT2D eigenvalue weighted by atomic mass is 35.5. The Morgan fingerprint density at radius 1 is 0.932 bits per heavy atom. The summed E-state index contributed by atoms with van der Waals surface area (Å²) in [6.45, 7) is 5.52. The van der Waals surface area contributed by atoms with Crippen LogP contribution in [0.15, 0.2) is 77.0 Å². The van der Waals surface area contributed by atoms with Gasteiger partial charge in [0.1, 0.15) is 24.7 Å². The number of ether oxygens (including phenoxy) is 4. The van der Waals surface area contributed by atoms with Crippen LogP contribution < -0.4 is 9.64 Å². The monoisotopic (exact) mass is 628 g/mol. The smallest absolute Gasteiger partial charge is 0.306 e. The molecule has 0 aliphatic carbocycles. The van der Waals surface area contributed by atoms with E-state index in [1.807, 2.05) is 48.5 Å². The van der Waals surface area contributed by atoms with Crippen molar-refractivity contribution in [3.63, 3.8) is 0 Å². The number of nitrogens with zero attached hydrogens (tertiary/aromatic N) is 4. The van der Waals surface area contributed by atoms with Gasteiger partial charge in [-0.2, -0.15) is 5.11 Å². The Morgan fingerprint density at radius 3 is 2.30 bits per heavy atom. The van der Waals surface area contributed by atoms with Crippen LogP contribution in [0.1, 0.15) is 18.9 Å². The minimum atomic E-state index is -0.516. The number of hydrogen-bond acceptors (Lipinski definition) is 11. The first-order valence-electron chi connectivity index (χ1n) is 14.2. The van der Waals surface area contributed by atoms with Gasteiger partial charge >= 0.3 is 5.97 Å². The number of carbonyl (C=O) groups is 1. The molecular weight excluding hydrogens is 592 g/mol. The van der Waals surface area contributed by atoms with Crippen molar-refractivity contribution in [3.8, 4) is 5.75 Å². The zero-order chi connectivity index (χ0) is 31.6. The molecule has 44 heavy (non-hydrogen) atoms. The van der Waals surface area contributed by atoms with Crippen molar-refractivity contribution in [3.05, 3.63) is 87.4 Å². The van der Waals surface area contributed by atoms with Crippen molar-refractivity contribution in [2.24, 2.45) is 10.2 Å². The number of nitro groups is 1. The second kappa shape index (κ2) is 19.2. The predicted molar refractivity (Wildman–Crippen MR) is 167 cm³/mol. The summed E-state index contributed by atoms with van der Waals surface area (Å²) in [6.07, 6.45) is 0.839. The number of carbonyl (C=O) groups excluding carboxylic acids is 1. The lowest BCUT2D eigenvalue weighted by Crippen LogP contribution is -2.27. The Kier molecular flexibility index (Phi) is 15.0. The number of hydrogen-bond donors (Lipinski definition) is 1. The molecule has 3 aromatic carbocycles. The fourth-order valence-corrected chi connectivity index (χ4v) is 4.16. The van der Waals surface area contributed by atoms with Crippen molar-refractivity contribution in [1.29, 1.82) is 0 Å². The molecule has 0 unspecified atom stereocenters. The summed E-state index contributed by atoms with van der Waals surface area (Å²) in [5, 5.41) is 27.9. The van der Waals surface area contributed by atoms with Crippen LogP contribution in [0.4, 0.5) is 22.7 Å². The Labute approximate surface area is 261 Å². The van der Waals surface area contributed by atoms with Gasteiger partial charge in [0, 0.05) is 30.8 Å². The van der Waals surface area contributed by atoms with Crippen LogP contribution in [0.25, 0.3) is 0 Å². The first kappa shape index (κ1) is 34.4. The van der Waals surface area contributed by atoms with Gasteiger partial charge in [0.2, 0.25) is 0 Å². The maximum atomic E-state index is 12.0. The van der Waals surface area contributed by atoms with Gasteiger partial charge in [0.15, 0.2) is 0 Å². The topological polar surface area (TPSA) is 145 Å². The zero-order valence-electron chi connectivity index (χ0n) is 24.6. The molecule has 0 radical (unpaired) electrons. The highest BCUT2D eigenvalue weighted by Crippen LogP contribution is 2.30. The molecule has 0 spiro atoms. The first-order valence-corrected chi connectivity index (χ1v) is 14.6. The molecule has 1 N–H and O–H groups in total. The van der Waals surface area contributed by atoms with Crippen molar-refractivity contribution in [2.75, 3.05) is 64.2 Å². The van der Waals surface area contributed by atoms with Crippen LogP contribution in [-0.2, 0) is 25.4 Å². The number of aliphatic hydroxyl groups excluding tert-OH is 1. The standard InChI is InChI=1S/C31H37ClN4O8/c1-2-35(26-8-6-25(7-9-26)33-34-30-13-10-27(36(39)40)23-29(30)32)15-17-43-28-11-3-24(4-12-28)5-14-31(38)44-22-21-42-20-19-41-18-16-37/h3-4,6-13,23,37H,2,5,14-22H2,1H3. The second-order valence-electron chi connectivity index (χ2n) is 9.35. The van der Waals surface area contributed by atoms with Gasteiger partial charge in [0.25, 0.3) is 5.69 Å². The van der Waals surface area contributed by atoms with E-state index in [1.165, 1.54) is 18.2 Å². The largest absolute Gasteiger partial charge is 0.492 e. The molecule has 0 saturated carbocycles. The van der Waals surface area contributed by atoms with E-state index in [0.717, 1.165) is 23.5 Å². The van der Waals surface area contributed by atoms with E-state index in [4.69, 9.17) is 35.7 Å². The molecule has 0 fully saturated rings. The number of halogens is 1. The van der Waals surface area contributed by atoms with Gasteiger partial charge in [-0.15, -0.1) is 5.11 Å². The van der Waals surface area contributed by atoms with Crippen molar-refractivity contribution < 1.29 is 33.8 Å². The quantitative estimate of drug-likeness (QED) is 0.0518. The molecule has 0 aliphatic rings. The number of rotatable bonds is 20. The molecule has 12 nitrogen and oxygen atoms in total. The lowest BCUT2D eigenvalue weighted by Gasteiger charge is -2.23. The van der Waals surface area contributed by atoms with Crippen molar-refractivity contribution in [2.45, 2.75) is 19.8 Å². The van der Waals surface area contributed by atoms with Crippen molar-refractivity contribution >= 4 is 40.3 Å². The minimum Gasteiger partial charge on any atom is -0.492 e. The molecule has 0 saturated heterocycles. The number of likely N-dealkylation sites (N-methyl/N-ethyl adjacent to an activating group) is 1. The molecule has 13 heteroatoms. The summed E-state index contributed by atoms with van der Waals surface area (Å²) < 4.78 is 21.5. The minimum absolute atomic E-state index is 0.0210. The SMILES string of the molecule is CCN(CCOc1ccc(CCC(=O)OCCOCCOCCO)cc1)c1ccc(N=Nc2ccc([N+](=O)[O-])cc2Cl)cc1. The molecule has 0 heterocycles. The van der Waals surface area contributed by atoms with E-state index < -0.39 is 4.92 Å². The van der Waals surface area contributed by atoms with E-state index >= 15 is 0 Å². The van der Waals surface area contributed by atoms with Crippen molar-refractivity contribution in [1.82, 2.24) is 0 Å². The third kappa shape index (κ3) is 12.3. The van der Waals surface area contributed by atoms with E-state index in [1.54, 1.807) is 0 Å². The Balaban J connectivity index is 1.36. The number of aliphatic hydroxyl groups is 1. The lowest BCUT2D eigenvalue weighted by molar-refractivity contribution is -0.384. The zero-order valence-corrected chi connectivity index (χ0v) is 25.4. The Hall–Kier alpha value is -4.10. The molecule has 0 aromatic heterocycles. The van der Waals surface area contributed by atoms with Gasteiger partial charge in [-0.05, 0) is 61.4 Å². The second-order valence-corrected chi connectivity index (χ2v) is 9.76. The maximum Gasteiger partial charge on any atom is 0.306 e. The van der Waals surface area contributed by atoms with Gasteiger partial charge in [0.05, 0.1) is 55.2 Å².